The van der Waals surface area contributed by atoms with Gasteiger partial charge in [0.2, 0.25) is 0 Å². The molecule has 0 aliphatic carbocycles. The molecule has 31 heavy (non-hydrogen) atoms. The number of nitrogens with zero attached hydrogens (tertiary/aromatic N) is 3. The van der Waals surface area contributed by atoms with E-state index in [9.17, 15) is 27.2 Å². The Labute approximate surface area is 176 Å². The molecule has 1 N–H and O–H groups in total. The van der Waals surface area contributed by atoms with Gasteiger partial charge in [0, 0.05) is 23.9 Å². The highest BCUT2D eigenvalue weighted by molar-refractivity contribution is 5.92. The third-order valence-electron chi connectivity index (χ3n) is 4.16. The molecule has 0 saturated heterocycles. The van der Waals surface area contributed by atoms with E-state index in [2.05, 4.69) is 25.0 Å². The first-order chi connectivity index (χ1) is 14.4. The van der Waals surface area contributed by atoms with Crippen molar-refractivity contribution in [1.82, 2.24) is 20.3 Å². The highest BCUT2D eigenvalue weighted by Crippen LogP contribution is 2.21. The van der Waals surface area contributed by atoms with E-state index in [0.29, 0.717) is 5.69 Å². The van der Waals surface area contributed by atoms with Crippen molar-refractivity contribution in [3.63, 3.8) is 0 Å². The normalized spacial score (nSPS) is 11.5. The van der Waals surface area contributed by atoms with Crippen LogP contribution in [0, 0.1) is 25.6 Å². The largest absolute Gasteiger partial charge is 0.466 e. The molecule has 0 fully saturated rings. The van der Waals surface area contributed by atoms with Crippen LogP contribution in [-0.4, -0.2) is 39.4 Å². The zero-order valence-electron chi connectivity index (χ0n) is 17.4. The van der Waals surface area contributed by atoms with Crippen molar-refractivity contribution in [2.45, 2.75) is 46.8 Å². The lowest BCUT2D eigenvalue weighted by molar-refractivity contribution is -0.154. The lowest BCUT2D eigenvalue weighted by atomic mass is 10.1. The molecule has 11 heteroatoms. The number of carbonyl (C=O) groups excluding carboxylic acids is 2. The average Bonchev–Trinajstić information content (AvgIpc) is 2.65. The summed E-state index contributed by atoms with van der Waals surface area (Å²) >= 11 is 0. The van der Waals surface area contributed by atoms with Crippen LogP contribution in [0.3, 0.4) is 0 Å². The quantitative estimate of drug-likeness (QED) is 0.631. The van der Waals surface area contributed by atoms with Crippen LogP contribution in [0.5, 0.6) is 5.88 Å². The number of hydrogen-bond acceptors (Lipinski definition) is 6. The number of alkyl halides is 3. The van der Waals surface area contributed by atoms with Crippen molar-refractivity contribution < 1.29 is 31.9 Å². The summed E-state index contributed by atoms with van der Waals surface area (Å²) in [5.74, 6) is -2.47. The molecule has 0 atom stereocenters. The molecule has 2 heterocycles. The second kappa shape index (κ2) is 9.80. The summed E-state index contributed by atoms with van der Waals surface area (Å²) in [5.41, 5.74) is 0.990. The van der Waals surface area contributed by atoms with Crippen LogP contribution in [0.1, 0.15) is 47.1 Å². The second-order valence-electron chi connectivity index (χ2n) is 7.21. The molecular weight excluding hydrogens is 420 g/mol. The molecule has 1 amide bonds. The smallest absolute Gasteiger partial charge is 0.422 e. The van der Waals surface area contributed by atoms with Gasteiger partial charge in [-0.3, -0.25) is 9.59 Å². The first-order valence-electron chi connectivity index (χ1n) is 9.36. The van der Waals surface area contributed by atoms with Gasteiger partial charge in [-0.1, -0.05) is 13.8 Å². The Morgan fingerprint density at radius 3 is 2.42 bits per heavy atom. The predicted octanol–water partition coefficient (Wildman–Crippen LogP) is 3.27. The molecule has 2 aromatic rings. The molecule has 7 nitrogen and oxygen atoms in total. The first-order valence-corrected chi connectivity index (χ1v) is 9.36. The molecule has 2 rings (SSSR count). The number of pyridine rings is 1. The SMILES string of the molecule is Cc1cc(C(=O)NCc2cc(F)c(OCC(F)(F)F)nc2C)nc(CC(=O)C(C)C)n1. The Bertz CT molecular complexity index is 978. The lowest BCUT2D eigenvalue weighted by Gasteiger charge is -2.12. The predicted molar refractivity (Wildman–Crippen MR) is 102 cm³/mol. The van der Waals surface area contributed by atoms with Gasteiger partial charge in [-0.2, -0.15) is 13.2 Å². The Balaban J connectivity index is 2.09. The number of rotatable bonds is 8. The fourth-order valence-electron chi connectivity index (χ4n) is 2.48. The standard InChI is InChI=1S/C20H22F4N4O3/c1-10(2)16(29)7-17-26-11(3)5-15(28-17)18(30)25-8-13-6-14(21)19(27-12(13)4)31-9-20(22,23)24/h5-6,10H,7-9H2,1-4H3,(H,25,30). The number of aryl methyl sites for hydroxylation is 2. The van der Waals surface area contributed by atoms with Gasteiger partial charge in [-0.05, 0) is 31.5 Å². The van der Waals surface area contributed by atoms with Crippen LogP contribution in [0.25, 0.3) is 0 Å². The summed E-state index contributed by atoms with van der Waals surface area (Å²) in [5, 5.41) is 2.55. The summed E-state index contributed by atoms with van der Waals surface area (Å²) < 4.78 is 55.1. The number of nitrogens with one attached hydrogen (secondary N) is 1. The van der Waals surface area contributed by atoms with Gasteiger partial charge in [0.15, 0.2) is 12.4 Å². The van der Waals surface area contributed by atoms with E-state index in [1.54, 1.807) is 20.8 Å². The molecule has 0 aliphatic heterocycles. The average molecular weight is 442 g/mol. The molecule has 2 aromatic heterocycles. The monoisotopic (exact) mass is 442 g/mol. The minimum Gasteiger partial charge on any atom is -0.466 e. The number of ketones is 1. The number of hydrogen-bond donors (Lipinski definition) is 1. The molecule has 0 unspecified atom stereocenters. The summed E-state index contributed by atoms with van der Waals surface area (Å²) in [6.07, 6.45) is -4.63. The number of amides is 1. The minimum absolute atomic E-state index is 0.00669. The molecule has 0 aromatic carbocycles. The van der Waals surface area contributed by atoms with Gasteiger partial charge in [0.05, 0.1) is 6.42 Å². The summed E-state index contributed by atoms with van der Waals surface area (Å²) in [7, 11) is 0. The number of ether oxygens (including phenoxy) is 1. The minimum atomic E-state index is -4.62. The maximum absolute atomic E-state index is 14.0. The second-order valence-corrected chi connectivity index (χ2v) is 7.21. The Hall–Kier alpha value is -3.11. The Morgan fingerprint density at radius 1 is 1.13 bits per heavy atom. The zero-order valence-corrected chi connectivity index (χ0v) is 17.4. The maximum atomic E-state index is 14.0. The highest BCUT2D eigenvalue weighted by atomic mass is 19.4. The van der Waals surface area contributed by atoms with Crippen molar-refractivity contribution >= 4 is 11.7 Å². The summed E-state index contributed by atoms with van der Waals surface area (Å²) in [6, 6.07) is 2.39. The summed E-state index contributed by atoms with van der Waals surface area (Å²) in [4.78, 5) is 36.3. The van der Waals surface area contributed by atoms with Gasteiger partial charge in [0.1, 0.15) is 17.3 Å². The molecular formula is C20H22F4N4O3. The van der Waals surface area contributed by atoms with Crippen LogP contribution in [-0.2, 0) is 17.8 Å². The maximum Gasteiger partial charge on any atom is 0.422 e. The molecule has 0 spiro atoms. The zero-order chi connectivity index (χ0) is 23.3. The third kappa shape index (κ3) is 7.26. The molecule has 168 valence electrons. The van der Waals surface area contributed by atoms with Crippen molar-refractivity contribution in [1.29, 1.82) is 0 Å². The van der Waals surface area contributed by atoms with E-state index < -0.39 is 30.4 Å². The number of carbonyl (C=O) groups is 2. The van der Waals surface area contributed by atoms with Gasteiger partial charge in [0.25, 0.3) is 11.8 Å². The Morgan fingerprint density at radius 2 is 1.81 bits per heavy atom. The van der Waals surface area contributed by atoms with Gasteiger partial charge >= 0.3 is 6.18 Å². The van der Waals surface area contributed by atoms with Gasteiger partial charge in [-0.15, -0.1) is 0 Å². The molecule has 0 saturated carbocycles. The first kappa shape index (κ1) is 24.2. The number of halogens is 4. The lowest BCUT2D eigenvalue weighted by Crippen LogP contribution is -2.26. The van der Waals surface area contributed by atoms with Crippen molar-refractivity contribution in [2.24, 2.45) is 5.92 Å². The highest BCUT2D eigenvalue weighted by Gasteiger charge is 2.29. The summed E-state index contributed by atoms with van der Waals surface area (Å²) in [6.45, 7) is 4.80. The number of aromatic nitrogens is 3. The van der Waals surface area contributed by atoms with E-state index in [0.717, 1.165) is 6.07 Å². The topological polar surface area (TPSA) is 94.1 Å². The van der Waals surface area contributed by atoms with Crippen molar-refractivity contribution in [3.8, 4) is 5.88 Å². The van der Waals surface area contributed by atoms with Crippen LogP contribution in [0.4, 0.5) is 17.6 Å². The van der Waals surface area contributed by atoms with Crippen LogP contribution in [0.2, 0.25) is 0 Å². The third-order valence-corrected chi connectivity index (χ3v) is 4.16. The van der Waals surface area contributed by atoms with Crippen LogP contribution >= 0.6 is 0 Å². The van der Waals surface area contributed by atoms with Gasteiger partial charge < -0.3 is 10.1 Å². The molecule has 0 aliphatic rings. The Kier molecular flexibility index (Phi) is 7.64. The van der Waals surface area contributed by atoms with Crippen molar-refractivity contribution in [2.75, 3.05) is 6.61 Å². The van der Waals surface area contributed by atoms with E-state index in [4.69, 9.17) is 0 Å². The van der Waals surface area contributed by atoms with E-state index in [-0.39, 0.29) is 47.4 Å². The van der Waals surface area contributed by atoms with E-state index in [1.165, 1.54) is 13.0 Å². The van der Waals surface area contributed by atoms with Crippen molar-refractivity contribution in [3.05, 3.63) is 46.4 Å². The fraction of sp³-hybridized carbons (Fsp3) is 0.450. The molecule has 0 radical (unpaired) electrons. The van der Waals surface area contributed by atoms with E-state index >= 15 is 0 Å². The fourth-order valence-corrected chi connectivity index (χ4v) is 2.48. The van der Waals surface area contributed by atoms with Crippen LogP contribution < -0.4 is 10.1 Å². The van der Waals surface area contributed by atoms with Crippen LogP contribution in [0.15, 0.2) is 12.1 Å². The van der Waals surface area contributed by atoms with E-state index in [1.807, 2.05) is 0 Å². The number of Topliss-reactive ketones (excluding diaryl/α,β-unsaturated/α-hetero) is 1. The van der Waals surface area contributed by atoms with Gasteiger partial charge in [-0.25, -0.2) is 19.3 Å². The molecule has 0 bridgehead atoms.